The van der Waals surface area contributed by atoms with E-state index in [0.717, 1.165) is 12.1 Å². The molecule has 0 unspecified atom stereocenters. The first kappa shape index (κ1) is 14.6. The van der Waals surface area contributed by atoms with E-state index in [-0.39, 0.29) is 5.69 Å². The van der Waals surface area contributed by atoms with Crippen LogP contribution in [0.5, 0.6) is 0 Å². The van der Waals surface area contributed by atoms with Crippen molar-refractivity contribution >= 4 is 27.5 Å². The largest absolute Gasteiger partial charge is 0.322 e. The van der Waals surface area contributed by atoms with Crippen molar-refractivity contribution in [2.45, 2.75) is 6.92 Å². The van der Waals surface area contributed by atoms with Crippen molar-refractivity contribution in [2.75, 3.05) is 5.32 Å². The predicted octanol–water partition coefficient (Wildman–Crippen LogP) is 4.43. The second-order valence-electron chi connectivity index (χ2n) is 4.17. The first-order valence-electron chi connectivity index (χ1n) is 5.60. The third kappa shape index (κ3) is 3.01. The number of hydrogen-bond donors (Lipinski definition) is 1. The van der Waals surface area contributed by atoms with E-state index in [1.807, 2.05) is 0 Å². The van der Waals surface area contributed by atoms with Gasteiger partial charge in [-0.25, -0.2) is 13.2 Å². The second-order valence-corrected chi connectivity index (χ2v) is 5.08. The summed E-state index contributed by atoms with van der Waals surface area (Å²) in [5.74, 6) is -4.81. The average molecular weight is 344 g/mol. The summed E-state index contributed by atoms with van der Waals surface area (Å²) in [7, 11) is 0. The van der Waals surface area contributed by atoms with Gasteiger partial charge >= 0.3 is 0 Å². The van der Waals surface area contributed by atoms with Crippen molar-refractivity contribution < 1.29 is 18.0 Å². The van der Waals surface area contributed by atoms with Crippen LogP contribution in [-0.4, -0.2) is 5.91 Å². The first-order chi connectivity index (χ1) is 9.38. The number of rotatable bonds is 2. The van der Waals surface area contributed by atoms with Gasteiger partial charge in [-0.2, -0.15) is 0 Å². The summed E-state index contributed by atoms with van der Waals surface area (Å²) >= 11 is 3.23. The molecule has 0 aliphatic heterocycles. The van der Waals surface area contributed by atoms with Crippen LogP contribution < -0.4 is 5.32 Å². The summed E-state index contributed by atoms with van der Waals surface area (Å²) in [6.45, 7) is 1.73. The Morgan fingerprint density at radius 3 is 2.30 bits per heavy atom. The molecule has 0 radical (unpaired) electrons. The summed E-state index contributed by atoms with van der Waals surface area (Å²) < 4.78 is 39.6. The number of halogens is 4. The third-order valence-electron chi connectivity index (χ3n) is 2.69. The van der Waals surface area contributed by atoms with Crippen LogP contribution in [0.15, 0.2) is 34.8 Å². The number of benzene rings is 2. The molecule has 1 amide bonds. The number of carbonyl (C=O) groups is 1. The zero-order chi connectivity index (χ0) is 14.9. The molecule has 0 aliphatic rings. The summed E-state index contributed by atoms with van der Waals surface area (Å²) in [4.78, 5) is 12.0. The Morgan fingerprint density at radius 2 is 1.70 bits per heavy atom. The zero-order valence-corrected chi connectivity index (χ0v) is 11.9. The molecule has 104 valence electrons. The van der Waals surface area contributed by atoms with Crippen molar-refractivity contribution in [3.05, 3.63) is 63.4 Å². The van der Waals surface area contributed by atoms with E-state index in [2.05, 4.69) is 21.2 Å². The summed E-state index contributed by atoms with van der Waals surface area (Å²) in [5.41, 5.74) is 0.907. The SMILES string of the molecule is Cc1ccc(Br)cc1C(=O)Nc1cc(F)c(F)c(F)c1. The van der Waals surface area contributed by atoms with E-state index < -0.39 is 23.4 Å². The minimum atomic E-state index is -1.57. The zero-order valence-electron chi connectivity index (χ0n) is 10.3. The average Bonchev–Trinajstić information content (AvgIpc) is 2.38. The molecule has 2 aromatic carbocycles. The summed E-state index contributed by atoms with van der Waals surface area (Å²) in [6, 6.07) is 6.53. The Labute approximate surface area is 121 Å². The van der Waals surface area contributed by atoms with E-state index in [9.17, 15) is 18.0 Å². The highest BCUT2D eigenvalue weighted by Gasteiger charge is 2.14. The molecule has 0 saturated carbocycles. The maximum absolute atomic E-state index is 13.1. The molecular weight excluding hydrogens is 335 g/mol. The first-order valence-corrected chi connectivity index (χ1v) is 6.40. The Balaban J connectivity index is 2.30. The quantitative estimate of drug-likeness (QED) is 0.803. The lowest BCUT2D eigenvalue weighted by Gasteiger charge is -2.09. The summed E-state index contributed by atoms with van der Waals surface area (Å²) in [5, 5.41) is 2.33. The minimum absolute atomic E-state index is 0.147. The Kier molecular flexibility index (Phi) is 4.13. The monoisotopic (exact) mass is 343 g/mol. The summed E-state index contributed by atoms with van der Waals surface area (Å²) in [6.07, 6.45) is 0. The van der Waals surface area contributed by atoms with Crippen LogP contribution in [0.1, 0.15) is 15.9 Å². The molecule has 2 rings (SSSR count). The number of carbonyl (C=O) groups excluding carboxylic acids is 1. The highest BCUT2D eigenvalue weighted by Crippen LogP contribution is 2.20. The molecule has 2 aromatic rings. The smallest absolute Gasteiger partial charge is 0.255 e. The molecule has 2 nitrogen and oxygen atoms in total. The fourth-order valence-corrected chi connectivity index (χ4v) is 2.03. The van der Waals surface area contributed by atoms with Crippen molar-refractivity contribution in [1.82, 2.24) is 0 Å². The maximum atomic E-state index is 13.1. The van der Waals surface area contributed by atoms with E-state index in [0.29, 0.717) is 15.6 Å². The fraction of sp³-hybridized carbons (Fsp3) is 0.0714. The van der Waals surface area contributed by atoms with Gasteiger partial charge in [-0.3, -0.25) is 4.79 Å². The molecule has 20 heavy (non-hydrogen) atoms. The maximum Gasteiger partial charge on any atom is 0.255 e. The number of hydrogen-bond acceptors (Lipinski definition) is 1. The fourth-order valence-electron chi connectivity index (χ4n) is 1.66. The predicted molar refractivity (Wildman–Crippen MR) is 73.1 cm³/mol. The second kappa shape index (κ2) is 5.66. The molecule has 0 spiro atoms. The lowest BCUT2D eigenvalue weighted by Crippen LogP contribution is -2.14. The Hall–Kier alpha value is -1.82. The van der Waals surface area contributed by atoms with E-state index >= 15 is 0 Å². The Bertz CT molecular complexity index is 665. The van der Waals surface area contributed by atoms with Gasteiger partial charge in [0.05, 0.1) is 0 Å². The van der Waals surface area contributed by atoms with Gasteiger partial charge in [0.1, 0.15) is 0 Å². The van der Waals surface area contributed by atoms with Crippen molar-refractivity contribution in [3.63, 3.8) is 0 Å². The van der Waals surface area contributed by atoms with Crippen LogP contribution in [0.25, 0.3) is 0 Å². The van der Waals surface area contributed by atoms with Gasteiger partial charge in [0, 0.05) is 27.9 Å². The normalized spacial score (nSPS) is 10.4. The molecule has 0 bridgehead atoms. The lowest BCUT2D eigenvalue weighted by atomic mass is 10.1. The topological polar surface area (TPSA) is 29.1 Å². The van der Waals surface area contributed by atoms with Crippen LogP contribution in [0.4, 0.5) is 18.9 Å². The molecule has 0 aromatic heterocycles. The molecule has 6 heteroatoms. The Morgan fingerprint density at radius 1 is 1.10 bits per heavy atom. The standard InChI is InChI=1S/C14H9BrF3NO/c1-7-2-3-8(15)4-10(7)14(20)19-9-5-11(16)13(18)12(17)6-9/h2-6H,1H3,(H,19,20). The molecule has 0 atom stereocenters. The molecule has 0 saturated heterocycles. The number of amides is 1. The van der Waals surface area contributed by atoms with E-state index in [1.54, 1.807) is 25.1 Å². The van der Waals surface area contributed by atoms with Crippen LogP contribution in [0.3, 0.4) is 0 Å². The van der Waals surface area contributed by atoms with Crippen LogP contribution in [-0.2, 0) is 0 Å². The molecular formula is C14H9BrF3NO. The van der Waals surface area contributed by atoms with Gasteiger partial charge in [-0.15, -0.1) is 0 Å². The van der Waals surface area contributed by atoms with E-state index in [4.69, 9.17) is 0 Å². The minimum Gasteiger partial charge on any atom is -0.322 e. The number of aryl methyl sites for hydroxylation is 1. The number of nitrogens with one attached hydrogen (secondary N) is 1. The molecule has 1 N–H and O–H groups in total. The van der Waals surface area contributed by atoms with Gasteiger partial charge in [-0.1, -0.05) is 22.0 Å². The number of anilines is 1. The van der Waals surface area contributed by atoms with Crippen molar-refractivity contribution in [1.29, 1.82) is 0 Å². The van der Waals surface area contributed by atoms with Crippen LogP contribution in [0, 0.1) is 24.4 Å². The highest BCUT2D eigenvalue weighted by atomic mass is 79.9. The molecule has 0 fully saturated rings. The van der Waals surface area contributed by atoms with Gasteiger partial charge in [-0.05, 0) is 24.6 Å². The van der Waals surface area contributed by atoms with Crippen molar-refractivity contribution in [2.24, 2.45) is 0 Å². The van der Waals surface area contributed by atoms with Gasteiger partial charge in [0.2, 0.25) is 0 Å². The highest BCUT2D eigenvalue weighted by molar-refractivity contribution is 9.10. The molecule has 0 heterocycles. The third-order valence-corrected chi connectivity index (χ3v) is 3.18. The van der Waals surface area contributed by atoms with Crippen molar-refractivity contribution in [3.8, 4) is 0 Å². The van der Waals surface area contributed by atoms with Crippen LogP contribution >= 0.6 is 15.9 Å². The lowest BCUT2D eigenvalue weighted by molar-refractivity contribution is 0.102. The van der Waals surface area contributed by atoms with E-state index in [1.165, 1.54) is 0 Å². The van der Waals surface area contributed by atoms with Gasteiger partial charge < -0.3 is 5.32 Å². The van der Waals surface area contributed by atoms with Gasteiger partial charge in [0.15, 0.2) is 17.5 Å². The van der Waals surface area contributed by atoms with Crippen LogP contribution in [0.2, 0.25) is 0 Å². The van der Waals surface area contributed by atoms with Gasteiger partial charge in [0.25, 0.3) is 5.91 Å². The molecule has 0 aliphatic carbocycles.